The van der Waals surface area contributed by atoms with Gasteiger partial charge in [-0.05, 0) is 37.9 Å². The number of benzene rings is 1. The SMILES string of the molecule is COCCOc1ccccc1C(=O)CCC1CCCCN1. The summed E-state index contributed by atoms with van der Waals surface area (Å²) in [7, 11) is 1.64. The Labute approximate surface area is 126 Å². The van der Waals surface area contributed by atoms with Gasteiger partial charge in [0.2, 0.25) is 0 Å². The lowest BCUT2D eigenvalue weighted by Crippen LogP contribution is -2.34. The van der Waals surface area contributed by atoms with Gasteiger partial charge in [-0.25, -0.2) is 0 Å². The van der Waals surface area contributed by atoms with E-state index in [0.29, 0.717) is 37.0 Å². The van der Waals surface area contributed by atoms with Crippen molar-refractivity contribution in [3.8, 4) is 5.75 Å². The van der Waals surface area contributed by atoms with E-state index < -0.39 is 0 Å². The zero-order valence-electron chi connectivity index (χ0n) is 12.8. The van der Waals surface area contributed by atoms with Crippen LogP contribution in [0.2, 0.25) is 0 Å². The lowest BCUT2D eigenvalue weighted by Gasteiger charge is -2.23. The van der Waals surface area contributed by atoms with E-state index >= 15 is 0 Å². The molecule has 2 rings (SSSR count). The highest BCUT2D eigenvalue weighted by molar-refractivity contribution is 5.98. The number of ether oxygens (including phenoxy) is 2. The molecule has 116 valence electrons. The third kappa shape index (κ3) is 5.14. The zero-order chi connectivity index (χ0) is 14.9. The number of carbonyl (C=O) groups is 1. The van der Waals surface area contributed by atoms with Crippen molar-refractivity contribution in [3.05, 3.63) is 29.8 Å². The topological polar surface area (TPSA) is 47.6 Å². The molecule has 1 fully saturated rings. The molecule has 0 amide bonds. The number of Topliss-reactive ketones (excluding diaryl/α,β-unsaturated/α-hetero) is 1. The van der Waals surface area contributed by atoms with Crippen molar-refractivity contribution in [3.63, 3.8) is 0 Å². The molecule has 1 aliphatic heterocycles. The Bertz CT molecular complexity index is 441. The number of hydrogen-bond donors (Lipinski definition) is 1. The molecule has 1 unspecified atom stereocenters. The molecule has 1 N–H and O–H groups in total. The number of nitrogens with one attached hydrogen (secondary N) is 1. The Morgan fingerprint density at radius 2 is 2.14 bits per heavy atom. The van der Waals surface area contributed by atoms with Gasteiger partial charge in [0.1, 0.15) is 12.4 Å². The molecule has 4 heteroatoms. The van der Waals surface area contributed by atoms with E-state index in [2.05, 4.69) is 5.32 Å². The number of piperidine rings is 1. The van der Waals surface area contributed by atoms with Gasteiger partial charge in [-0.3, -0.25) is 4.79 Å². The largest absolute Gasteiger partial charge is 0.490 e. The van der Waals surface area contributed by atoms with Crippen LogP contribution in [0.4, 0.5) is 0 Å². The summed E-state index contributed by atoms with van der Waals surface area (Å²) in [6, 6.07) is 7.96. The maximum Gasteiger partial charge on any atom is 0.166 e. The van der Waals surface area contributed by atoms with E-state index in [-0.39, 0.29) is 5.78 Å². The third-order valence-corrected chi connectivity index (χ3v) is 3.86. The summed E-state index contributed by atoms with van der Waals surface area (Å²) in [6.07, 6.45) is 5.18. The van der Waals surface area contributed by atoms with Gasteiger partial charge < -0.3 is 14.8 Å². The molecule has 0 bridgehead atoms. The van der Waals surface area contributed by atoms with Crippen molar-refractivity contribution in [2.45, 2.75) is 38.1 Å². The van der Waals surface area contributed by atoms with Crippen LogP contribution in [0.1, 0.15) is 42.5 Å². The fourth-order valence-corrected chi connectivity index (χ4v) is 2.67. The van der Waals surface area contributed by atoms with E-state index in [1.807, 2.05) is 24.3 Å². The van der Waals surface area contributed by atoms with Gasteiger partial charge in [-0.2, -0.15) is 0 Å². The molecular weight excluding hydrogens is 266 g/mol. The molecule has 0 spiro atoms. The van der Waals surface area contributed by atoms with Gasteiger partial charge in [0.05, 0.1) is 12.2 Å². The summed E-state index contributed by atoms with van der Waals surface area (Å²) < 4.78 is 10.6. The molecule has 1 saturated heterocycles. The van der Waals surface area contributed by atoms with E-state index in [1.54, 1.807) is 7.11 Å². The number of ketones is 1. The molecule has 1 aromatic rings. The summed E-state index contributed by atoms with van der Waals surface area (Å²) >= 11 is 0. The molecule has 0 aliphatic carbocycles. The predicted octanol–water partition coefficient (Wildman–Crippen LogP) is 2.82. The first kappa shape index (κ1) is 16.0. The fraction of sp³-hybridized carbons (Fsp3) is 0.588. The van der Waals surface area contributed by atoms with Gasteiger partial charge in [0, 0.05) is 19.6 Å². The minimum atomic E-state index is 0.162. The molecular formula is C17H25NO3. The van der Waals surface area contributed by atoms with Crippen LogP contribution in [0.15, 0.2) is 24.3 Å². The van der Waals surface area contributed by atoms with Crippen molar-refractivity contribution >= 4 is 5.78 Å². The highest BCUT2D eigenvalue weighted by Gasteiger charge is 2.17. The predicted molar refractivity (Wildman–Crippen MR) is 83.0 cm³/mol. The highest BCUT2D eigenvalue weighted by atomic mass is 16.5. The molecule has 1 heterocycles. The van der Waals surface area contributed by atoms with Crippen molar-refractivity contribution in [2.75, 3.05) is 26.9 Å². The Hall–Kier alpha value is -1.39. The maximum absolute atomic E-state index is 12.4. The highest BCUT2D eigenvalue weighted by Crippen LogP contribution is 2.21. The van der Waals surface area contributed by atoms with E-state index in [9.17, 15) is 4.79 Å². The standard InChI is InChI=1S/C17H25NO3/c1-20-12-13-21-17-8-3-2-7-15(17)16(19)10-9-14-6-4-5-11-18-14/h2-3,7-8,14,18H,4-6,9-13H2,1H3. The third-order valence-electron chi connectivity index (χ3n) is 3.86. The number of methoxy groups -OCH3 is 1. The first-order chi connectivity index (χ1) is 10.3. The molecule has 4 nitrogen and oxygen atoms in total. The van der Waals surface area contributed by atoms with Crippen LogP contribution < -0.4 is 10.1 Å². The average Bonchev–Trinajstić information content (AvgIpc) is 2.54. The average molecular weight is 291 g/mol. The Kier molecular flexibility index (Phi) is 6.70. The minimum absolute atomic E-state index is 0.162. The minimum Gasteiger partial charge on any atom is -0.490 e. The Morgan fingerprint density at radius 3 is 2.90 bits per heavy atom. The molecule has 0 radical (unpaired) electrons. The second kappa shape index (κ2) is 8.80. The summed E-state index contributed by atoms with van der Waals surface area (Å²) in [5.74, 6) is 0.826. The summed E-state index contributed by atoms with van der Waals surface area (Å²) in [5.41, 5.74) is 0.685. The Morgan fingerprint density at radius 1 is 1.29 bits per heavy atom. The van der Waals surface area contributed by atoms with Crippen molar-refractivity contribution in [2.24, 2.45) is 0 Å². The number of hydrogen-bond acceptors (Lipinski definition) is 4. The van der Waals surface area contributed by atoms with E-state index in [4.69, 9.17) is 9.47 Å². The van der Waals surface area contributed by atoms with Gasteiger partial charge in [0.25, 0.3) is 0 Å². The maximum atomic E-state index is 12.4. The molecule has 1 aromatic carbocycles. The van der Waals surface area contributed by atoms with Crippen LogP contribution in [0.3, 0.4) is 0 Å². The number of para-hydroxylation sites is 1. The number of rotatable bonds is 8. The first-order valence-corrected chi connectivity index (χ1v) is 7.78. The van der Waals surface area contributed by atoms with Gasteiger partial charge in [-0.1, -0.05) is 18.6 Å². The van der Waals surface area contributed by atoms with Crippen LogP contribution in [-0.4, -0.2) is 38.7 Å². The summed E-state index contributed by atoms with van der Waals surface area (Å²) in [4.78, 5) is 12.4. The monoisotopic (exact) mass is 291 g/mol. The molecule has 1 atom stereocenters. The van der Waals surface area contributed by atoms with Crippen LogP contribution in [0.5, 0.6) is 5.75 Å². The molecule has 0 saturated carbocycles. The van der Waals surface area contributed by atoms with Crippen molar-refractivity contribution in [1.82, 2.24) is 5.32 Å². The molecule has 0 aromatic heterocycles. The normalized spacial score (nSPS) is 18.4. The fourth-order valence-electron chi connectivity index (χ4n) is 2.67. The summed E-state index contributed by atoms with van der Waals surface area (Å²) in [6.45, 7) is 2.06. The van der Waals surface area contributed by atoms with Gasteiger partial charge >= 0.3 is 0 Å². The Balaban J connectivity index is 1.88. The first-order valence-electron chi connectivity index (χ1n) is 7.78. The van der Waals surface area contributed by atoms with Crippen molar-refractivity contribution < 1.29 is 14.3 Å². The van der Waals surface area contributed by atoms with Crippen LogP contribution in [-0.2, 0) is 4.74 Å². The van der Waals surface area contributed by atoms with Gasteiger partial charge in [-0.15, -0.1) is 0 Å². The van der Waals surface area contributed by atoms with Crippen LogP contribution >= 0.6 is 0 Å². The lowest BCUT2D eigenvalue weighted by molar-refractivity contribution is 0.0966. The number of carbonyl (C=O) groups excluding carboxylic acids is 1. The van der Waals surface area contributed by atoms with E-state index in [0.717, 1.165) is 13.0 Å². The van der Waals surface area contributed by atoms with Crippen LogP contribution in [0.25, 0.3) is 0 Å². The zero-order valence-corrected chi connectivity index (χ0v) is 12.8. The second-order valence-corrected chi connectivity index (χ2v) is 5.45. The molecule has 1 aliphatic rings. The molecule has 21 heavy (non-hydrogen) atoms. The van der Waals surface area contributed by atoms with Crippen LogP contribution in [0, 0.1) is 0 Å². The van der Waals surface area contributed by atoms with E-state index in [1.165, 1.54) is 19.3 Å². The van der Waals surface area contributed by atoms with Gasteiger partial charge in [0.15, 0.2) is 5.78 Å². The van der Waals surface area contributed by atoms with Crippen molar-refractivity contribution in [1.29, 1.82) is 0 Å². The quantitative estimate of drug-likeness (QED) is 0.591. The second-order valence-electron chi connectivity index (χ2n) is 5.45. The summed E-state index contributed by atoms with van der Waals surface area (Å²) in [5, 5.41) is 3.48. The lowest BCUT2D eigenvalue weighted by atomic mass is 9.97. The smallest absolute Gasteiger partial charge is 0.166 e.